The van der Waals surface area contributed by atoms with E-state index in [1.807, 2.05) is 64.9 Å². The van der Waals surface area contributed by atoms with Crippen LogP contribution in [0, 0.1) is 11.3 Å². The second-order valence-corrected chi connectivity index (χ2v) is 6.34. The number of hydrogen-bond acceptors (Lipinski definition) is 3. The highest BCUT2D eigenvalue weighted by Gasteiger charge is 2.32. The van der Waals surface area contributed by atoms with E-state index in [0.717, 1.165) is 5.69 Å². The number of hydrogen-bond donors (Lipinski definition) is 0. The maximum absolute atomic E-state index is 12.3. The van der Waals surface area contributed by atoms with Crippen molar-refractivity contribution in [1.29, 1.82) is 0 Å². The maximum atomic E-state index is 12.3. The molecule has 0 N–H and O–H groups in total. The fourth-order valence-electron chi connectivity index (χ4n) is 1.76. The molecule has 3 heteroatoms. The van der Waals surface area contributed by atoms with Gasteiger partial charge in [0.2, 0.25) is 0 Å². The number of carbonyl (C=O) groups excluding carboxylic acids is 2. The number of carbonyl (C=O) groups is 2. The summed E-state index contributed by atoms with van der Waals surface area (Å²) in [5, 5.41) is 0. The van der Waals surface area contributed by atoms with Gasteiger partial charge in [-0.2, -0.15) is 0 Å². The van der Waals surface area contributed by atoms with Gasteiger partial charge >= 0.3 is 0 Å². The molecule has 0 unspecified atom stereocenters. The second kappa shape index (κ2) is 6.21. The molecule has 1 rings (SSSR count). The fourth-order valence-corrected chi connectivity index (χ4v) is 1.76. The summed E-state index contributed by atoms with van der Waals surface area (Å²) >= 11 is 0. The van der Waals surface area contributed by atoms with Crippen molar-refractivity contribution in [2.75, 3.05) is 19.0 Å². The standard InChI is InChI=1S/C17H25NO2/c1-12(2)17(3,4)16(20)11-15(19)13-8-7-9-14(10-13)18(5)6/h7-10,12H,11H2,1-6H3. The first-order valence-corrected chi connectivity index (χ1v) is 7.00. The van der Waals surface area contributed by atoms with Gasteiger partial charge in [-0.25, -0.2) is 0 Å². The van der Waals surface area contributed by atoms with Gasteiger partial charge in [0.25, 0.3) is 0 Å². The SMILES string of the molecule is CC(C)C(C)(C)C(=O)CC(=O)c1cccc(N(C)C)c1. The highest BCUT2D eigenvalue weighted by Crippen LogP contribution is 2.29. The largest absolute Gasteiger partial charge is 0.378 e. The summed E-state index contributed by atoms with van der Waals surface area (Å²) in [4.78, 5) is 26.5. The minimum atomic E-state index is -0.463. The van der Waals surface area contributed by atoms with E-state index in [0.29, 0.717) is 5.56 Å². The average Bonchev–Trinajstić information content (AvgIpc) is 2.38. The van der Waals surface area contributed by atoms with Crippen molar-refractivity contribution in [2.24, 2.45) is 11.3 Å². The van der Waals surface area contributed by atoms with E-state index < -0.39 is 5.41 Å². The number of anilines is 1. The lowest BCUT2D eigenvalue weighted by atomic mass is 9.75. The van der Waals surface area contributed by atoms with Crippen molar-refractivity contribution in [3.63, 3.8) is 0 Å². The van der Waals surface area contributed by atoms with E-state index >= 15 is 0 Å². The fraction of sp³-hybridized carbons (Fsp3) is 0.529. The van der Waals surface area contributed by atoms with E-state index in [2.05, 4.69) is 0 Å². The van der Waals surface area contributed by atoms with Crippen LogP contribution in [-0.4, -0.2) is 25.7 Å². The summed E-state index contributed by atoms with van der Waals surface area (Å²) in [5.41, 5.74) is 1.10. The number of nitrogens with zero attached hydrogens (tertiary/aromatic N) is 1. The Kier molecular flexibility index (Phi) is 5.09. The van der Waals surface area contributed by atoms with E-state index in [1.54, 1.807) is 6.07 Å². The Morgan fingerprint density at radius 3 is 2.30 bits per heavy atom. The van der Waals surface area contributed by atoms with Crippen molar-refractivity contribution in [3.05, 3.63) is 29.8 Å². The lowest BCUT2D eigenvalue weighted by molar-refractivity contribution is -0.128. The molecule has 0 saturated carbocycles. The Hall–Kier alpha value is -1.64. The first kappa shape index (κ1) is 16.4. The molecule has 0 saturated heterocycles. The third-order valence-electron chi connectivity index (χ3n) is 4.17. The zero-order chi connectivity index (χ0) is 15.5. The van der Waals surface area contributed by atoms with Crippen LogP contribution in [0.1, 0.15) is 44.5 Å². The van der Waals surface area contributed by atoms with E-state index in [1.165, 1.54) is 0 Å². The van der Waals surface area contributed by atoms with Crippen molar-refractivity contribution in [3.8, 4) is 0 Å². The molecule has 0 spiro atoms. The molecule has 20 heavy (non-hydrogen) atoms. The van der Waals surface area contributed by atoms with Crippen LogP contribution in [0.2, 0.25) is 0 Å². The topological polar surface area (TPSA) is 37.4 Å². The number of benzene rings is 1. The summed E-state index contributed by atoms with van der Waals surface area (Å²) < 4.78 is 0. The van der Waals surface area contributed by atoms with Gasteiger partial charge < -0.3 is 4.90 Å². The molecular formula is C17H25NO2. The van der Waals surface area contributed by atoms with E-state index in [4.69, 9.17) is 0 Å². The van der Waals surface area contributed by atoms with Gasteiger partial charge in [0.1, 0.15) is 5.78 Å². The van der Waals surface area contributed by atoms with Gasteiger partial charge in [0.15, 0.2) is 5.78 Å². The average molecular weight is 275 g/mol. The van der Waals surface area contributed by atoms with E-state index in [9.17, 15) is 9.59 Å². The molecule has 0 aliphatic carbocycles. The Bertz CT molecular complexity index is 501. The molecule has 0 aromatic heterocycles. The minimum Gasteiger partial charge on any atom is -0.378 e. The van der Waals surface area contributed by atoms with Crippen LogP contribution in [0.5, 0.6) is 0 Å². The highest BCUT2D eigenvalue weighted by molar-refractivity contribution is 6.09. The van der Waals surface area contributed by atoms with Crippen molar-refractivity contribution < 1.29 is 9.59 Å². The molecule has 1 aromatic rings. The predicted octanol–water partition coefficient (Wildman–Crippen LogP) is 3.58. The minimum absolute atomic E-state index is 0.00718. The van der Waals surface area contributed by atoms with Crippen LogP contribution >= 0.6 is 0 Å². The Morgan fingerprint density at radius 1 is 1.20 bits per heavy atom. The molecule has 0 aliphatic rings. The third kappa shape index (κ3) is 3.69. The van der Waals surface area contributed by atoms with Crippen molar-refractivity contribution >= 4 is 17.3 Å². The van der Waals surface area contributed by atoms with Gasteiger partial charge in [-0.15, -0.1) is 0 Å². The summed E-state index contributed by atoms with van der Waals surface area (Å²) in [6.07, 6.45) is -0.0257. The molecule has 0 amide bonds. The van der Waals surface area contributed by atoms with Crippen LogP contribution < -0.4 is 4.90 Å². The number of ketones is 2. The third-order valence-corrected chi connectivity index (χ3v) is 4.17. The van der Waals surface area contributed by atoms with Gasteiger partial charge in [-0.05, 0) is 18.1 Å². The lowest BCUT2D eigenvalue weighted by Crippen LogP contribution is -2.31. The molecule has 0 heterocycles. The molecule has 0 radical (unpaired) electrons. The van der Waals surface area contributed by atoms with Crippen LogP contribution in [0.15, 0.2) is 24.3 Å². The molecule has 110 valence electrons. The molecule has 0 bridgehead atoms. The van der Waals surface area contributed by atoms with Crippen LogP contribution in [-0.2, 0) is 4.79 Å². The lowest BCUT2D eigenvalue weighted by Gasteiger charge is -2.27. The predicted molar refractivity (Wildman–Crippen MR) is 83.3 cm³/mol. The van der Waals surface area contributed by atoms with Crippen molar-refractivity contribution in [1.82, 2.24) is 0 Å². The van der Waals surface area contributed by atoms with E-state index in [-0.39, 0.29) is 23.9 Å². The molecule has 0 fully saturated rings. The van der Waals surface area contributed by atoms with Crippen molar-refractivity contribution in [2.45, 2.75) is 34.1 Å². The highest BCUT2D eigenvalue weighted by atomic mass is 16.1. The molecule has 1 aromatic carbocycles. The Morgan fingerprint density at radius 2 is 1.80 bits per heavy atom. The number of rotatable bonds is 6. The molecule has 0 aliphatic heterocycles. The summed E-state index contributed by atoms with van der Waals surface area (Å²) in [6, 6.07) is 7.39. The molecule has 3 nitrogen and oxygen atoms in total. The normalized spacial score (nSPS) is 11.6. The zero-order valence-corrected chi connectivity index (χ0v) is 13.4. The van der Waals surface area contributed by atoms with Gasteiger partial charge in [0, 0.05) is 30.8 Å². The second-order valence-electron chi connectivity index (χ2n) is 6.34. The number of Topliss-reactive ketones (excluding diaryl/α,β-unsaturated/α-hetero) is 2. The van der Waals surface area contributed by atoms with Gasteiger partial charge in [-0.1, -0.05) is 39.8 Å². The first-order valence-electron chi connectivity index (χ1n) is 7.00. The maximum Gasteiger partial charge on any atom is 0.170 e. The van der Waals surface area contributed by atoms with Crippen LogP contribution in [0.25, 0.3) is 0 Å². The first-order chi connectivity index (χ1) is 9.16. The Balaban J connectivity index is 2.87. The summed E-state index contributed by atoms with van der Waals surface area (Å²) in [6.45, 7) is 7.83. The Labute approximate surface area is 122 Å². The summed E-state index contributed by atoms with van der Waals surface area (Å²) in [7, 11) is 3.85. The monoisotopic (exact) mass is 275 g/mol. The van der Waals surface area contributed by atoms with Crippen LogP contribution in [0.3, 0.4) is 0 Å². The molecular weight excluding hydrogens is 250 g/mol. The summed E-state index contributed by atoms with van der Waals surface area (Å²) in [5.74, 6) is 0.121. The quantitative estimate of drug-likeness (QED) is 0.588. The van der Waals surface area contributed by atoms with Gasteiger partial charge in [0.05, 0.1) is 6.42 Å². The smallest absolute Gasteiger partial charge is 0.170 e. The molecule has 0 atom stereocenters. The van der Waals surface area contributed by atoms with Crippen LogP contribution in [0.4, 0.5) is 5.69 Å². The van der Waals surface area contributed by atoms with Gasteiger partial charge in [-0.3, -0.25) is 9.59 Å². The zero-order valence-electron chi connectivity index (χ0n) is 13.4.